The number of nitrogens with zero attached hydrogens (tertiary/aromatic N) is 1. The third-order valence-electron chi connectivity index (χ3n) is 2.13. The van der Waals surface area contributed by atoms with Gasteiger partial charge in [-0.1, -0.05) is 12.8 Å². The second kappa shape index (κ2) is 5.71. The van der Waals surface area contributed by atoms with Crippen molar-refractivity contribution in [1.29, 1.82) is 0 Å². The maximum atomic E-state index is 12.1. The van der Waals surface area contributed by atoms with Crippen LogP contribution in [0.3, 0.4) is 0 Å². The van der Waals surface area contributed by atoms with Crippen LogP contribution in [0.5, 0.6) is 0 Å². The van der Waals surface area contributed by atoms with Crippen LogP contribution < -0.4 is 0 Å². The van der Waals surface area contributed by atoms with E-state index in [1.807, 2.05) is 6.92 Å². The first-order chi connectivity index (χ1) is 8.43. The number of carbonyl (C=O) groups is 1. The van der Waals surface area contributed by atoms with Gasteiger partial charge in [-0.2, -0.15) is 4.31 Å². The Hall–Kier alpha value is -1.78. The zero-order valence-electron chi connectivity index (χ0n) is 9.79. The van der Waals surface area contributed by atoms with Crippen LogP contribution in [-0.2, 0) is 10.0 Å². The van der Waals surface area contributed by atoms with E-state index < -0.39 is 26.8 Å². The fourth-order valence-corrected chi connectivity index (χ4v) is 2.69. The molecule has 0 atom stereocenters. The van der Waals surface area contributed by atoms with Gasteiger partial charge in [0.1, 0.15) is 0 Å². The summed E-state index contributed by atoms with van der Waals surface area (Å²) in [5.41, 5.74) is 0. The SMILES string of the molecule is C#CCN(CCC)S(=O)(=O)c1ccc(C(=O)O)o1. The second-order valence-corrected chi connectivity index (χ2v) is 5.34. The van der Waals surface area contributed by atoms with Crippen molar-refractivity contribution in [2.24, 2.45) is 0 Å². The molecule has 7 heteroatoms. The lowest BCUT2D eigenvalue weighted by atomic mass is 10.5. The van der Waals surface area contributed by atoms with Crippen LogP contribution in [0.15, 0.2) is 21.6 Å². The minimum atomic E-state index is -3.88. The zero-order valence-corrected chi connectivity index (χ0v) is 10.6. The Bertz CT molecular complexity index is 566. The van der Waals surface area contributed by atoms with Gasteiger partial charge in [0.2, 0.25) is 10.9 Å². The number of sulfonamides is 1. The molecule has 0 unspecified atom stereocenters. The molecule has 1 heterocycles. The molecule has 0 aliphatic heterocycles. The Morgan fingerprint density at radius 2 is 2.22 bits per heavy atom. The Morgan fingerprint density at radius 1 is 1.56 bits per heavy atom. The molecule has 18 heavy (non-hydrogen) atoms. The molecule has 0 saturated heterocycles. The van der Waals surface area contributed by atoms with Crippen LogP contribution in [0.25, 0.3) is 0 Å². The molecule has 6 nitrogen and oxygen atoms in total. The molecule has 0 aliphatic rings. The van der Waals surface area contributed by atoms with Gasteiger partial charge in [-0.15, -0.1) is 6.42 Å². The minimum absolute atomic E-state index is 0.0840. The quantitative estimate of drug-likeness (QED) is 0.780. The Morgan fingerprint density at radius 3 is 2.67 bits per heavy atom. The predicted octanol–water partition coefficient (Wildman–Crippen LogP) is 1.01. The summed E-state index contributed by atoms with van der Waals surface area (Å²) in [6, 6.07) is 2.20. The van der Waals surface area contributed by atoms with Crippen molar-refractivity contribution in [3.8, 4) is 12.3 Å². The molecule has 0 fully saturated rings. The minimum Gasteiger partial charge on any atom is -0.475 e. The monoisotopic (exact) mass is 271 g/mol. The highest BCUT2D eigenvalue weighted by Gasteiger charge is 2.27. The van der Waals surface area contributed by atoms with Gasteiger partial charge in [0.15, 0.2) is 0 Å². The third kappa shape index (κ3) is 2.91. The number of rotatable bonds is 6. The second-order valence-electron chi connectivity index (χ2n) is 3.47. The fourth-order valence-electron chi connectivity index (χ4n) is 1.34. The normalized spacial score (nSPS) is 11.4. The van der Waals surface area contributed by atoms with E-state index in [9.17, 15) is 13.2 Å². The summed E-state index contributed by atoms with van der Waals surface area (Å²) in [6.07, 6.45) is 5.70. The highest BCUT2D eigenvalue weighted by Crippen LogP contribution is 2.18. The van der Waals surface area contributed by atoms with Gasteiger partial charge >= 0.3 is 5.97 Å². The van der Waals surface area contributed by atoms with Gasteiger partial charge in [-0.25, -0.2) is 13.2 Å². The molecule has 1 rings (SSSR count). The van der Waals surface area contributed by atoms with Crippen molar-refractivity contribution in [1.82, 2.24) is 4.31 Å². The summed E-state index contributed by atoms with van der Waals surface area (Å²) < 4.78 is 30.0. The Labute approximate surface area is 105 Å². The summed E-state index contributed by atoms with van der Waals surface area (Å²) in [5.74, 6) is 0.498. The average molecular weight is 271 g/mol. The molecule has 1 N–H and O–H groups in total. The van der Waals surface area contributed by atoms with E-state index in [0.717, 1.165) is 16.4 Å². The number of terminal acetylenes is 1. The molecule has 0 spiro atoms. The number of hydrogen-bond donors (Lipinski definition) is 1. The molecule has 1 aromatic heterocycles. The van der Waals surface area contributed by atoms with E-state index in [1.54, 1.807) is 0 Å². The van der Waals surface area contributed by atoms with E-state index in [1.165, 1.54) is 0 Å². The lowest BCUT2D eigenvalue weighted by Gasteiger charge is -2.16. The third-order valence-corrected chi connectivity index (χ3v) is 3.85. The largest absolute Gasteiger partial charge is 0.475 e. The molecule has 0 amide bonds. The van der Waals surface area contributed by atoms with Gasteiger partial charge in [-0.3, -0.25) is 0 Å². The Kier molecular flexibility index (Phi) is 4.53. The van der Waals surface area contributed by atoms with Crippen LogP contribution in [0.2, 0.25) is 0 Å². The molecule has 98 valence electrons. The molecule has 0 radical (unpaired) electrons. The van der Waals surface area contributed by atoms with Crippen molar-refractivity contribution in [3.05, 3.63) is 17.9 Å². The summed E-state index contributed by atoms with van der Waals surface area (Å²) in [4.78, 5) is 10.6. The van der Waals surface area contributed by atoms with Gasteiger partial charge in [-0.05, 0) is 18.6 Å². The van der Waals surface area contributed by atoms with Crippen molar-refractivity contribution in [3.63, 3.8) is 0 Å². The highest BCUT2D eigenvalue weighted by molar-refractivity contribution is 7.89. The van der Waals surface area contributed by atoms with Crippen LogP contribution in [0, 0.1) is 12.3 Å². The first-order valence-electron chi connectivity index (χ1n) is 5.20. The van der Waals surface area contributed by atoms with Gasteiger partial charge in [0.05, 0.1) is 6.54 Å². The lowest BCUT2D eigenvalue weighted by molar-refractivity contribution is 0.0656. The van der Waals surface area contributed by atoms with E-state index in [-0.39, 0.29) is 13.1 Å². The Balaban J connectivity index is 3.10. The standard InChI is InChI=1S/C11H13NO5S/c1-3-7-12(8-4-2)18(15,16)10-6-5-9(17-10)11(13)14/h1,5-6H,4,7-8H2,2H3,(H,13,14). The molecule has 0 aromatic carbocycles. The van der Waals surface area contributed by atoms with Gasteiger partial charge in [0, 0.05) is 6.54 Å². The van der Waals surface area contributed by atoms with Crippen LogP contribution >= 0.6 is 0 Å². The highest BCUT2D eigenvalue weighted by atomic mass is 32.2. The molecular formula is C11H13NO5S. The van der Waals surface area contributed by atoms with Crippen LogP contribution in [-0.4, -0.2) is 36.9 Å². The molecule has 0 aliphatic carbocycles. The first kappa shape index (κ1) is 14.3. The fraction of sp³-hybridized carbons (Fsp3) is 0.364. The van der Waals surface area contributed by atoms with Gasteiger partial charge in [0.25, 0.3) is 10.0 Å². The maximum absolute atomic E-state index is 12.1. The van der Waals surface area contributed by atoms with Crippen molar-refractivity contribution < 1.29 is 22.7 Å². The lowest BCUT2D eigenvalue weighted by Crippen LogP contribution is -2.32. The van der Waals surface area contributed by atoms with Crippen molar-refractivity contribution >= 4 is 16.0 Å². The molecular weight excluding hydrogens is 258 g/mol. The summed E-state index contributed by atoms with van der Waals surface area (Å²) in [7, 11) is -3.88. The number of hydrogen-bond acceptors (Lipinski definition) is 4. The number of aromatic carboxylic acids is 1. The van der Waals surface area contributed by atoms with Crippen molar-refractivity contribution in [2.75, 3.05) is 13.1 Å². The van der Waals surface area contributed by atoms with E-state index >= 15 is 0 Å². The zero-order chi connectivity index (χ0) is 13.8. The van der Waals surface area contributed by atoms with E-state index in [4.69, 9.17) is 15.9 Å². The van der Waals surface area contributed by atoms with E-state index in [2.05, 4.69) is 5.92 Å². The predicted molar refractivity (Wildman–Crippen MR) is 63.6 cm³/mol. The summed E-state index contributed by atoms with van der Waals surface area (Å²) in [5, 5.41) is 8.26. The van der Waals surface area contributed by atoms with Gasteiger partial charge < -0.3 is 9.52 Å². The summed E-state index contributed by atoms with van der Waals surface area (Å²) >= 11 is 0. The number of furan rings is 1. The average Bonchev–Trinajstić information content (AvgIpc) is 2.78. The first-order valence-corrected chi connectivity index (χ1v) is 6.64. The summed E-state index contributed by atoms with van der Waals surface area (Å²) in [6.45, 7) is 1.97. The van der Waals surface area contributed by atoms with Crippen LogP contribution in [0.4, 0.5) is 0 Å². The molecule has 0 bridgehead atoms. The topological polar surface area (TPSA) is 87.8 Å². The maximum Gasteiger partial charge on any atom is 0.371 e. The molecule has 1 aromatic rings. The smallest absolute Gasteiger partial charge is 0.371 e. The number of carboxylic acids is 1. The van der Waals surface area contributed by atoms with E-state index in [0.29, 0.717) is 6.42 Å². The number of carboxylic acid groups (broad SMARTS) is 1. The van der Waals surface area contributed by atoms with Crippen molar-refractivity contribution in [2.45, 2.75) is 18.4 Å². The molecule has 0 saturated carbocycles. The van der Waals surface area contributed by atoms with Crippen LogP contribution in [0.1, 0.15) is 23.9 Å².